The van der Waals surface area contributed by atoms with E-state index >= 15 is 0 Å². The van der Waals surface area contributed by atoms with Crippen molar-refractivity contribution < 1.29 is 24.0 Å². The van der Waals surface area contributed by atoms with E-state index in [0.29, 0.717) is 22.4 Å². The molecular formula is C17H11N3O6. The van der Waals surface area contributed by atoms with Crippen LogP contribution < -0.4 is 5.32 Å². The summed E-state index contributed by atoms with van der Waals surface area (Å²) >= 11 is 0. The normalized spacial score (nSPS) is 10.9. The molecule has 26 heavy (non-hydrogen) atoms. The standard InChI is InChI=1S/C17H11N3O6/c21-15(7-8-16(22)23)18-12-4-2-1-3-11(12)17-19-13-9-10(20(24)25)5-6-14(13)26-17/h1-9H,(H,18,21)(H,22,23). The van der Waals surface area contributed by atoms with E-state index < -0.39 is 16.8 Å². The molecule has 1 aromatic heterocycles. The number of para-hydroxylation sites is 1. The molecule has 0 atom stereocenters. The molecule has 9 nitrogen and oxygen atoms in total. The van der Waals surface area contributed by atoms with Crippen LogP contribution in [0.25, 0.3) is 22.6 Å². The first-order valence-corrected chi connectivity index (χ1v) is 7.30. The van der Waals surface area contributed by atoms with E-state index in [1.165, 1.54) is 18.2 Å². The fraction of sp³-hybridized carbons (Fsp3) is 0. The lowest BCUT2D eigenvalue weighted by Gasteiger charge is -2.06. The van der Waals surface area contributed by atoms with Crippen molar-refractivity contribution in [1.29, 1.82) is 0 Å². The number of aliphatic carboxylic acids is 1. The molecule has 0 aliphatic rings. The van der Waals surface area contributed by atoms with Crippen LogP contribution in [0, 0.1) is 10.1 Å². The average molecular weight is 353 g/mol. The van der Waals surface area contributed by atoms with E-state index in [0.717, 1.165) is 12.2 Å². The third-order valence-corrected chi connectivity index (χ3v) is 3.37. The molecule has 0 bridgehead atoms. The van der Waals surface area contributed by atoms with Gasteiger partial charge in [0.05, 0.1) is 16.2 Å². The molecule has 0 aliphatic carbocycles. The van der Waals surface area contributed by atoms with Crippen LogP contribution >= 0.6 is 0 Å². The number of nitrogens with one attached hydrogen (secondary N) is 1. The number of fused-ring (bicyclic) bond motifs is 1. The van der Waals surface area contributed by atoms with Gasteiger partial charge in [-0.05, 0) is 18.2 Å². The molecule has 3 aromatic rings. The zero-order valence-corrected chi connectivity index (χ0v) is 13.1. The molecule has 2 aromatic carbocycles. The van der Waals surface area contributed by atoms with Gasteiger partial charge in [0, 0.05) is 24.3 Å². The van der Waals surface area contributed by atoms with Crippen LogP contribution in [0.4, 0.5) is 11.4 Å². The number of carbonyl (C=O) groups is 2. The van der Waals surface area contributed by atoms with E-state index in [1.54, 1.807) is 24.3 Å². The van der Waals surface area contributed by atoms with Crippen LogP contribution in [0.5, 0.6) is 0 Å². The molecule has 9 heteroatoms. The number of oxazole rings is 1. The van der Waals surface area contributed by atoms with Crippen molar-refractivity contribution in [1.82, 2.24) is 4.98 Å². The van der Waals surface area contributed by atoms with E-state index in [2.05, 4.69) is 10.3 Å². The maximum absolute atomic E-state index is 11.8. The predicted octanol–water partition coefficient (Wildman–Crippen LogP) is 2.98. The van der Waals surface area contributed by atoms with Crippen LogP contribution in [-0.2, 0) is 9.59 Å². The summed E-state index contributed by atoms with van der Waals surface area (Å²) in [7, 11) is 0. The fourth-order valence-electron chi connectivity index (χ4n) is 2.24. The van der Waals surface area contributed by atoms with Crippen molar-refractivity contribution in [3.05, 3.63) is 64.7 Å². The summed E-state index contributed by atoms with van der Waals surface area (Å²) < 4.78 is 5.61. The van der Waals surface area contributed by atoms with Crippen molar-refractivity contribution >= 4 is 34.4 Å². The number of nitro groups is 1. The first kappa shape index (κ1) is 16.8. The average Bonchev–Trinajstić information content (AvgIpc) is 3.03. The largest absolute Gasteiger partial charge is 0.478 e. The lowest BCUT2D eigenvalue weighted by atomic mass is 10.1. The molecule has 1 amide bonds. The van der Waals surface area contributed by atoms with E-state index in [4.69, 9.17) is 9.52 Å². The Morgan fingerprint density at radius 1 is 1.19 bits per heavy atom. The summed E-state index contributed by atoms with van der Waals surface area (Å²) in [5.41, 5.74) is 1.35. The number of non-ortho nitro benzene ring substituents is 1. The molecule has 0 saturated carbocycles. The molecule has 0 unspecified atom stereocenters. The number of benzene rings is 2. The second kappa shape index (κ2) is 6.85. The van der Waals surface area contributed by atoms with Crippen LogP contribution in [-0.4, -0.2) is 26.9 Å². The molecule has 3 rings (SSSR count). The fourth-order valence-corrected chi connectivity index (χ4v) is 2.24. The van der Waals surface area contributed by atoms with E-state index in [9.17, 15) is 19.7 Å². The maximum atomic E-state index is 11.8. The van der Waals surface area contributed by atoms with Crippen LogP contribution in [0.2, 0.25) is 0 Å². The zero-order valence-electron chi connectivity index (χ0n) is 13.1. The number of nitrogens with zero attached hydrogens (tertiary/aromatic N) is 2. The molecule has 0 saturated heterocycles. The number of carboxylic acid groups (broad SMARTS) is 1. The van der Waals surface area contributed by atoms with Crippen molar-refractivity contribution in [2.24, 2.45) is 0 Å². The Hall–Kier alpha value is -4.01. The number of carbonyl (C=O) groups excluding carboxylic acids is 1. The Bertz CT molecular complexity index is 1050. The highest BCUT2D eigenvalue weighted by molar-refractivity contribution is 6.04. The minimum atomic E-state index is -1.24. The van der Waals surface area contributed by atoms with Crippen molar-refractivity contribution in [3.63, 3.8) is 0 Å². The number of anilines is 1. The minimum absolute atomic E-state index is 0.113. The van der Waals surface area contributed by atoms with Crippen molar-refractivity contribution in [2.75, 3.05) is 5.32 Å². The van der Waals surface area contributed by atoms with Crippen molar-refractivity contribution in [3.8, 4) is 11.5 Å². The Balaban J connectivity index is 1.97. The molecule has 2 N–H and O–H groups in total. The van der Waals surface area contributed by atoms with E-state index in [1.807, 2.05) is 0 Å². The first-order chi connectivity index (χ1) is 12.4. The summed E-state index contributed by atoms with van der Waals surface area (Å²) in [5, 5.41) is 22.0. The van der Waals surface area contributed by atoms with Gasteiger partial charge in [0.25, 0.3) is 5.69 Å². The summed E-state index contributed by atoms with van der Waals surface area (Å²) in [6, 6.07) is 10.7. The van der Waals surface area contributed by atoms with Gasteiger partial charge in [-0.25, -0.2) is 9.78 Å². The summed E-state index contributed by atoms with van der Waals surface area (Å²) in [6.45, 7) is 0. The third-order valence-electron chi connectivity index (χ3n) is 3.37. The minimum Gasteiger partial charge on any atom is -0.478 e. The van der Waals surface area contributed by atoms with Gasteiger partial charge in [-0.3, -0.25) is 14.9 Å². The van der Waals surface area contributed by atoms with Gasteiger partial charge in [-0.15, -0.1) is 0 Å². The highest BCUT2D eigenvalue weighted by Gasteiger charge is 2.15. The molecular weight excluding hydrogens is 342 g/mol. The van der Waals surface area contributed by atoms with Gasteiger partial charge < -0.3 is 14.8 Å². The number of rotatable bonds is 5. The van der Waals surface area contributed by atoms with Crippen LogP contribution in [0.15, 0.2) is 59.0 Å². The predicted molar refractivity (Wildman–Crippen MR) is 91.5 cm³/mol. The van der Waals surface area contributed by atoms with Crippen molar-refractivity contribution in [2.45, 2.75) is 0 Å². The van der Waals surface area contributed by atoms with Gasteiger partial charge in [0.1, 0.15) is 5.52 Å². The topological polar surface area (TPSA) is 136 Å². The van der Waals surface area contributed by atoms with Gasteiger partial charge in [-0.1, -0.05) is 12.1 Å². The Labute approximate surface area is 145 Å². The number of hydrogen-bond donors (Lipinski definition) is 2. The van der Waals surface area contributed by atoms with Gasteiger partial charge in [-0.2, -0.15) is 0 Å². The second-order valence-electron chi connectivity index (χ2n) is 5.13. The molecule has 0 fully saturated rings. The van der Waals surface area contributed by atoms with Crippen LogP contribution in [0.3, 0.4) is 0 Å². The number of aromatic nitrogens is 1. The Morgan fingerprint density at radius 2 is 1.96 bits per heavy atom. The van der Waals surface area contributed by atoms with Gasteiger partial charge >= 0.3 is 5.97 Å². The lowest BCUT2D eigenvalue weighted by Crippen LogP contribution is -2.09. The quantitative estimate of drug-likeness (QED) is 0.409. The summed E-state index contributed by atoms with van der Waals surface area (Å²) in [5.74, 6) is -1.71. The van der Waals surface area contributed by atoms with Gasteiger partial charge in [0.15, 0.2) is 5.58 Å². The molecule has 0 radical (unpaired) electrons. The zero-order chi connectivity index (χ0) is 18.7. The Kier molecular flexibility index (Phi) is 4.44. The summed E-state index contributed by atoms with van der Waals surface area (Å²) in [6.07, 6.45) is 1.60. The Morgan fingerprint density at radius 3 is 2.69 bits per heavy atom. The number of nitro benzene ring substituents is 1. The first-order valence-electron chi connectivity index (χ1n) is 7.30. The number of hydrogen-bond acceptors (Lipinski definition) is 6. The molecule has 0 aliphatic heterocycles. The SMILES string of the molecule is O=C(O)C=CC(=O)Nc1ccccc1-c1nc2cc([N+](=O)[O-])ccc2o1. The second-order valence-corrected chi connectivity index (χ2v) is 5.13. The van der Waals surface area contributed by atoms with E-state index in [-0.39, 0.29) is 11.6 Å². The molecule has 1 heterocycles. The highest BCUT2D eigenvalue weighted by atomic mass is 16.6. The number of amides is 1. The molecule has 0 spiro atoms. The monoisotopic (exact) mass is 353 g/mol. The highest BCUT2D eigenvalue weighted by Crippen LogP contribution is 2.31. The maximum Gasteiger partial charge on any atom is 0.328 e. The lowest BCUT2D eigenvalue weighted by molar-refractivity contribution is -0.384. The van der Waals surface area contributed by atoms with Gasteiger partial charge in [0.2, 0.25) is 11.8 Å². The van der Waals surface area contributed by atoms with Crippen LogP contribution in [0.1, 0.15) is 0 Å². The summed E-state index contributed by atoms with van der Waals surface area (Å²) in [4.78, 5) is 36.8. The molecule has 130 valence electrons. The third kappa shape index (κ3) is 3.56. The smallest absolute Gasteiger partial charge is 0.328 e. The number of carboxylic acids is 1.